The van der Waals surface area contributed by atoms with Gasteiger partial charge in [0.2, 0.25) is 5.75 Å². The Morgan fingerprint density at radius 1 is 0.630 bits per heavy atom. The number of hydrogen-bond donors (Lipinski definition) is 0. The Balaban J connectivity index is 1.53. The van der Waals surface area contributed by atoms with Crippen LogP contribution >= 0.6 is 0 Å². The van der Waals surface area contributed by atoms with Crippen LogP contribution in [0, 0.1) is 46.7 Å². The van der Waals surface area contributed by atoms with Gasteiger partial charge >= 0.3 is 12.5 Å². The summed E-state index contributed by atoms with van der Waals surface area (Å²) < 4.78 is 161. The molecule has 2 nitrogen and oxygen atoms in total. The van der Waals surface area contributed by atoms with Gasteiger partial charge in [0, 0.05) is 17.2 Å². The van der Waals surface area contributed by atoms with Crippen molar-refractivity contribution in [2.75, 3.05) is 0 Å². The highest BCUT2D eigenvalue weighted by atomic mass is 19.4. The van der Waals surface area contributed by atoms with Gasteiger partial charge in [-0.1, -0.05) is 43.7 Å². The summed E-state index contributed by atoms with van der Waals surface area (Å²) >= 11 is 0. The van der Waals surface area contributed by atoms with E-state index in [-0.39, 0.29) is 11.1 Å². The lowest BCUT2D eigenvalue weighted by Gasteiger charge is -2.20. The van der Waals surface area contributed by atoms with Gasteiger partial charge in [-0.25, -0.2) is 26.3 Å². The van der Waals surface area contributed by atoms with Gasteiger partial charge in [-0.3, -0.25) is 0 Å². The van der Waals surface area contributed by atoms with E-state index in [0.29, 0.717) is 42.3 Å². The van der Waals surface area contributed by atoms with Gasteiger partial charge < -0.3 is 9.47 Å². The van der Waals surface area contributed by atoms with Crippen LogP contribution in [0.1, 0.15) is 48.4 Å². The summed E-state index contributed by atoms with van der Waals surface area (Å²) in [6, 6.07) is 7.80. The van der Waals surface area contributed by atoms with Gasteiger partial charge in [0.1, 0.15) is 34.6 Å². The minimum Gasteiger partial charge on any atom is -0.429 e. The number of hydrogen-bond acceptors (Lipinski definition) is 2. The first-order valence-electron chi connectivity index (χ1n) is 13.5. The van der Waals surface area contributed by atoms with Crippen LogP contribution in [0.25, 0.3) is 11.1 Å². The lowest BCUT2D eigenvalue weighted by Crippen LogP contribution is -2.25. The highest BCUT2D eigenvalue weighted by Gasteiger charge is 2.41. The molecule has 0 spiro atoms. The molecule has 0 unspecified atom stereocenters. The van der Waals surface area contributed by atoms with E-state index in [2.05, 4.69) is 21.3 Å². The van der Waals surface area contributed by atoms with Crippen LogP contribution in [0.15, 0.2) is 60.7 Å². The predicted octanol–water partition coefficient (Wildman–Crippen LogP) is 10.3. The number of aryl methyl sites for hydroxylation is 1. The molecule has 0 aliphatic carbocycles. The molecule has 0 N–H and O–H groups in total. The Kier molecular flexibility index (Phi) is 10.2. The maximum atomic E-state index is 14.9. The lowest BCUT2D eigenvalue weighted by molar-refractivity contribution is -0.276. The van der Waals surface area contributed by atoms with Gasteiger partial charge in [-0.05, 0) is 66.4 Å². The molecule has 0 aliphatic heterocycles. The van der Waals surface area contributed by atoms with Crippen molar-refractivity contribution < 1.29 is 57.8 Å². The number of unbranched alkanes of at least 4 members (excludes halogenated alkanes) is 2. The fourth-order valence-electron chi connectivity index (χ4n) is 4.38. The summed E-state index contributed by atoms with van der Waals surface area (Å²) in [6.45, 7) is 2.00. The van der Waals surface area contributed by atoms with Crippen LogP contribution in [0.2, 0.25) is 0 Å². The molecule has 0 aromatic heterocycles. The maximum Gasteiger partial charge on any atom is 0.573 e. The average molecular weight is 659 g/mol. The molecule has 0 amide bonds. The molecule has 4 aromatic rings. The maximum absolute atomic E-state index is 14.9. The molecule has 0 saturated carbocycles. The number of rotatable bonds is 9. The first-order chi connectivity index (χ1) is 21.6. The average Bonchev–Trinajstić information content (AvgIpc) is 2.93. The summed E-state index contributed by atoms with van der Waals surface area (Å²) in [5.41, 5.74) is -2.77. The second-order valence-electron chi connectivity index (χ2n) is 9.91. The SMILES string of the molecule is CCCCCc1ccc(-c2cc(F)c(C(F)(F)Oc3ccc(C#Cc4cc(F)c(OC(F)(F)F)c(F)c4)c(F)c3)c(F)c2)c(F)c1. The van der Waals surface area contributed by atoms with E-state index in [1.807, 2.05) is 6.92 Å². The third kappa shape index (κ3) is 8.29. The molecule has 4 aromatic carbocycles. The largest absolute Gasteiger partial charge is 0.573 e. The molecule has 0 heterocycles. The van der Waals surface area contributed by atoms with Crippen LogP contribution in [-0.4, -0.2) is 6.36 Å². The van der Waals surface area contributed by atoms with E-state index >= 15 is 0 Å². The van der Waals surface area contributed by atoms with Gasteiger partial charge in [0.05, 0.1) is 5.56 Å². The molecule has 0 fully saturated rings. The second-order valence-corrected chi connectivity index (χ2v) is 9.91. The molecular weight excluding hydrogens is 637 g/mol. The fraction of sp³-hybridized carbons (Fsp3) is 0.212. The topological polar surface area (TPSA) is 18.5 Å². The molecule has 4 rings (SSSR count). The standard InChI is InChI=1S/C33H21F11O2/c1-2-3-4-5-18-7-11-23(25(35)12-18)21-15-26(36)30(27(37)16-21)32(40,41)45-22-10-9-20(24(34)17-22)8-6-19-13-28(38)31(29(39)14-19)46-33(42,43)44/h7,9-17H,2-5H2,1H3. The first kappa shape index (κ1) is 34.1. The van der Waals surface area contributed by atoms with Crippen molar-refractivity contribution in [1.82, 2.24) is 0 Å². The summed E-state index contributed by atoms with van der Waals surface area (Å²) in [5, 5.41) is 0. The van der Waals surface area contributed by atoms with E-state index in [0.717, 1.165) is 31.4 Å². The van der Waals surface area contributed by atoms with Crippen LogP contribution in [0.3, 0.4) is 0 Å². The zero-order chi connectivity index (χ0) is 33.8. The van der Waals surface area contributed by atoms with Crippen molar-refractivity contribution in [3.63, 3.8) is 0 Å². The van der Waals surface area contributed by atoms with E-state index in [4.69, 9.17) is 0 Å². The Morgan fingerprint density at radius 3 is 1.85 bits per heavy atom. The molecule has 0 radical (unpaired) electrons. The molecule has 242 valence electrons. The van der Waals surface area contributed by atoms with Crippen LogP contribution in [0.4, 0.5) is 48.3 Å². The Morgan fingerprint density at radius 2 is 1.28 bits per heavy atom. The van der Waals surface area contributed by atoms with Crippen molar-refractivity contribution in [3.8, 4) is 34.5 Å². The van der Waals surface area contributed by atoms with Gasteiger partial charge in [0.15, 0.2) is 11.6 Å². The first-order valence-corrected chi connectivity index (χ1v) is 13.5. The van der Waals surface area contributed by atoms with Crippen molar-refractivity contribution >= 4 is 0 Å². The molecule has 0 atom stereocenters. The summed E-state index contributed by atoms with van der Waals surface area (Å²) in [7, 11) is 0. The van der Waals surface area contributed by atoms with Crippen LogP contribution in [0.5, 0.6) is 11.5 Å². The van der Waals surface area contributed by atoms with Crippen molar-refractivity contribution in [1.29, 1.82) is 0 Å². The quantitative estimate of drug-likeness (QED) is 0.101. The van der Waals surface area contributed by atoms with E-state index < -0.39 is 75.6 Å². The summed E-state index contributed by atoms with van der Waals surface area (Å²) in [6.07, 6.45) is -6.77. The highest BCUT2D eigenvalue weighted by molar-refractivity contribution is 5.65. The highest BCUT2D eigenvalue weighted by Crippen LogP contribution is 2.38. The fourth-order valence-corrected chi connectivity index (χ4v) is 4.38. The third-order valence-electron chi connectivity index (χ3n) is 6.49. The molecule has 13 heteroatoms. The minimum absolute atomic E-state index is 0.220. The molecule has 0 bridgehead atoms. The van der Waals surface area contributed by atoms with E-state index in [9.17, 15) is 48.3 Å². The van der Waals surface area contributed by atoms with Gasteiger partial charge in [0.25, 0.3) is 0 Å². The Labute approximate surface area is 255 Å². The number of benzene rings is 4. The summed E-state index contributed by atoms with van der Waals surface area (Å²) in [5.74, 6) is -7.54. The van der Waals surface area contributed by atoms with Crippen molar-refractivity contribution in [3.05, 3.63) is 118 Å². The Hall–Kier alpha value is -4.73. The molecule has 0 aliphatic rings. The number of halogens is 11. The Bertz CT molecular complexity index is 1760. The monoisotopic (exact) mass is 658 g/mol. The molecule has 46 heavy (non-hydrogen) atoms. The van der Waals surface area contributed by atoms with Crippen LogP contribution in [-0.2, 0) is 12.5 Å². The number of ether oxygens (including phenoxy) is 2. The van der Waals surface area contributed by atoms with Crippen LogP contribution < -0.4 is 9.47 Å². The second kappa shape index (κ2) is 13.7. The predicted molar refractivity (Wildman–Crippen MR) is 145 cm³/mol. The zero-order valence-corrected chi connectivity index (χ0v) is 23.6. The zero-order valence-electron chi connectivity index (χ0n) is 23.6. The molecule has 0 saturated heterocycles. The van der Waals surface area contributed by atoms with E-state index in [1.165, 1.54) is 12.1 Å². The van der Waals surface area contributed by atoms with E-state index in [1.54, 1.807) is 6.07 Å². The minimum atomic E-state index is -5.38. The molecular formula is C33H21F11O2. The van der Waals surface area contributed by atoms with Gasteiger partial charge in [-0.15, -0.1) is 13.2 Å². The third-order valence-corrected chi connectivity index (χ3v) is 6.49. The lowest BCUT2D eigenvalue weighted by atomic mass is 9.99. The number of alkyl halides is 5. The summed E-state index contributed by atoms with van der Waals surface area (Å²) in [4.78, 5) is 0. The van der Waals surface area contributed by atoms with Gasteiger partial charge in [-0.2, -0.15) is 8.78 Å². The van der Waals surface area contributed by atoms with Crippen molar-refractivity contribution in [2.45, 2.75) is 45.1 Å². The van der Waals surface area contributed by atoms with Crippen molar-refractivity contribution in [2.24, 2.45) is 0 Å². The smallest absolute Gasteiger partial charge is 0.429 e. The normalized spacial score (nSPS) is 11.7.